The van der Waals surface area contributed by atoms with Gasteiger partial charge in [0.1, 0.15) is 0 Å². The van der Waals surface area contributed by atoms with E-state index in [9.17, 15) is 26.3 Å². The Kier molecular flexibility index (Phi) is 6.19. The first-order valence-electron chi connectivity index (χ1n) is 6.42. The summed E-state index contributed by atoms with van der Waals surface area (Å²) in [5.41, 5.74) is -0.634. The molecular weight excluding hydrogens is 354 g/mol. The quantitative estimate of drug-likeness (QED) is 0.374. The molecule has 0 N–H and O–H groups in total. The third-order valence-electron chi connectivity index (χ3n) is 3.60. The molecule has 1 aliphatic rings. The van der Waals surface area contributed by atoms with E-state index in [0.29, 0.717) is 18.2 Å². The second-order valence-electron chi connectivity index (χ2n) is 5.32. The lowest BCUT2D eigenvalue weighted by molar-refractivity contribution is -0.326. The van der Waals surface area contributed by atoms with Crippen LogP contribution in [0.15, 0.2) is 0 Å². The minimum Gasteiger partial charge on any atom is -0.360 e. The molecule has 0 heterocycles. The van der Waals surface area contributed by atoms with Crippen LogP contribution in [-0.2, 0) is 4.74 Å². The zero-order valence-corrected chi connectivity index (χ0v) is 12.4. The van der Waals surface area contributed by atoms with E-state index in [1.54, 1.807) is 0 Å². The molecule has 120 valence electrons. The molecule has 1 rings (SSSR count). The van der Waals surface area contributed by atoms with Crippen molar-refractivity contribution in [2.45, 2.75) is 57.0 Å². The van der Waals surface area contributed by atoms with Crippen molar-refractivity contribution < 1.29 is 31.1 Å². The minimum absolute atomic E-state index is 0.350. The highest BCUT2D eigenvalue weighted by atomic mass is 79.9. The monoisotopic (exact) mass is 370 g/mol. The Bertz CT molecular complexity index is 279. The van der Waals surface area contributed by atoms with Crippen molar-refractivity contribution in [3.8, 4) is 0 Å². The van der Waals surface area contributed by atoms with E-state index in [1.165, 1.54) is 0 Å². The van der Waals surface area contributed by atoms with Crippen LogP contribution in [0.5, 0.6) is 0 Å². The van der Waals surface area contributed by atoms with Gasteiger partial charge in [-0.25, -0.2) is 0 Å². The third kappa shape index (κ3) is 5.09. The molecule has 0 aromatic heterocycles. The van der Waals surface area contributed by atoms with Crippen molar-refractivity contribution in [3.63, 3.8) is 0 Å². The summed E-state index contributed by atoms with van der Waals surface area (Å²) in [5, 5.41) is 0.350. The molecule has 0 saturated heterocycles. The van der Waals surface area contributed by atoms with E-state index in [0.717, 1.165) is 25.7 Å². The lowest BCUT2D eigenvalue weighted by Gasteiger charge is -2.33. The first-order valence-corrected chi connectivity index (χ1v) is 7.54. The van der Waals surface area contributed by atoms with E-state index < -0.39 is 30.5 Å². The normalized spacial score (nSPS) is 21.0. The summed E-state index contributed by atoms with van der Waals surface area (Å²) in [6.45, 7) is -0.526. The van der Waals surface area contributed by atoms with Crippen molar-refractivity contribution in [2.24, 2.45) is 5.41 Å². The van der Waals surface area contributed by atoms with Gasteiger partial charge in [-0.05, 0) is 12.8 Å². The van der Waals surface area contributed by atoms with E-state index >= 15 is 0 Å². The van der Waals surface area contributed by atoms with Crippen LogP contribution >= 0.6 is 15.9 Å². The zero-order chi connectivity index (χ0) is 15.4. The average Bonchev–Trinajstić information content (AvgIpc) is 2.52. The number of rotatable bonds is 4. The van der Waals surface area contributed by atoms with Gasteiger partial charge in [-0.1, -0.05) is 41.6 Å². The molecule has 8 heteroatoms. The smallest absolute Gasteiger partial charge is 0.360 e. The summed E-state index contributed by atoms with van der Waals surface area (Å²) in [7, 11) is 0. The number of alkyl halides is 7. The Labute approximate surface area is 122 Å². The van der Waals surface area contributed by atoms with Crippen LogP contribution in [0, 0.1) is 5.41 Å². The van der Waals surface area contributed by atoms with Gasteiger partial charge in [0.2, 0.25) is 6.10 Å². The van der Waals surface area contributed by atoms with Crippen molar-refractivity contribution in [2.75, 3.05) is 11.9 Å². The maximum Gasteiger partial charge on any atom is 0.423 e. The van der Waals surface area contributed by atoms with Gasteiger partial charge in [0, 0.05) is 10.7 Å². The van der Waals surface area contributed by atoms with E-state index in [2.05, 4.69) is 20.7 Å². The van der Waals surface area contributed by atoms with Crippen LogP contribution < -0.4 is 0 Å². The van der Waals surface area contributed by atoms with Gasteiger partial charge in [-0.2, -0.15) is 26.3 Å². The summed E-state index contributed by atoms with van der Waals surface area (Å²) in [4.78, 5) is 0. The van der Waals surface area contributed by atoms with Crippen LogP contribution in [-0.4, -0.2) is 30.4 Å². The van der Waals surface area contributed by atoms with Crippen LogP contribution in [0.2, 0.25) is 0 Å². The number of hydrogen-bond acceptors (Lipinski definition) is 1. The van der Waals surface area contributed by atoms with Crippen molar-refractivity contribution in [1.82, 2.24) is 0 Å². The molecule has 1 nitrogen and oxygen atoms in total. The Balaban J connectivity index is 2.74. The predicted octanol–water partition coefficient (Wildman–Crippen LogP) is 5.23. The summed E-state index contributed by atoms with van der Waals surface area (Å²) in [5.74, 6) is 0. The van der Waals surface area contributed by atoms with Gasteiger partial charge in [-0.3, -0.25) is 0 Å². The van der Waals surface area contributed by atoms with Gasteiger partial charge in [0.15, 0.2) is 0 Å². The molecular formula is C12H17BrF6O. The van der Waals surface area contributed by atoms with E-state index in [4.69, 9.17) is 0 Å². The maximum absolute atomic E-state index is 12.4. The van der Waals surface area contributed by atoms with Gasteiger partial charge in [-0.15, -0.1) is 0 Å². The lowest BCUT2D eigenvalue weighted by Crippen LogP contribution is -2.46. The topological polar surface area (TPSA) is 9.23 Å². The molecule has 0 radical (unpaired) electrons. The van der Waals surface area contributed by atoms with Gasteiger partial charge >= 0.3 is 12.4 Å². The predicted molar refractivity (Wildman–Crippen MR) is 65.8 cm³/mol. The molecule has 0 aromatic carbocycles. The van der Waals surface area contributed by atoms with Crippen LogP contribution in [0.1, 0.15) is 38.5 Å². The molecule has 1 aliphatic carbocycles. The maximum atomic E-state index is 12.4. The fourth-order valence-electron chi connectivity index (χ4n) is 2.43. The molecule has 1 saturated carbocycles. The molecule has 0 aliphatic heterocycles. The van der Waals surface area contributed by atoms with E-state index in [-0.39, 0.29) is 0 Å². The van der Waals surface area contributed by atoms with Crippen LogP contribution in [0.3, 0.4) is 0 Å². The van der Waals surface area contributed by atoms with Gasteiger partial charge < -0.3 is 4.74 Å². The third-order valence-corrected chi connectivity index (χ3v) is 4.79. The Morgan fingerprint density at radius 1 is 0.900 bits per heavy atom. The van der Waals surface area contributed by atoms with Crippen molar-refractivity contribution >= 4 is 15.9 Å². The summed E-state index contributed by atoms with van der Waals surface area (Å²) >= 11 is 3.21. The minimum atomic E-state index is -5.43. The van der Waals surface area contributed by atoms with Gasteiger partial charge in [0.05, 0.1) is 6.61 Å². The first kappa shape index (κ1) is 18.1. The highest BCUT2D eigenvalue weighted by Crippen LogP contribution is 2.41. The lowest BCUT2D eigenvalue weighted by atomic mass is 9.83. The van der Waals surface area contributed by atoms with Crippen LogP contribution in [0.4, 0.5) is 26.3 Å². The highest BCUT2D eigenvalue weighted by Gasteiger charge is 2.58. The largest absolute Gasteiger partial charge is 0.423 e. The molecule has 0 spiro atoms. The van der Waals surface area contributed by atoms with Crippen molar-refractivity contribution in [3.05, 3.63) is 0 Å². The molecule has 0 aromatic rings. The molecule has 1 fully saturated rings. The first-order chi connectivity index (χ1) is 9.11. The Morgan fingerprint density at radius 3 is 1.70 bits per heavy atom. The molecule has 0 amide bonds. The number of halogens is 7. The summed E-state index contributed by atoms with van der Waals surface area (Å²) < 4.78 is 78.8. The fourth-order valence-corrected chi connectivity index (χ4v) is 3.15. The fraction of sp³-hybridized carbons (Fsp3) is 1.00. The van der Waals surface area contributed by atoms with Crippen molar-refractivity contribution in [1.29, 1.82) is 0 Å². The van der Waals surface area contributed by atoms with Gasteiger partial charge in [0.25, 0.3) is 0 Å². The molecule has 0 atom stereocenters. The SMILES string of the molecule is FC(F)(F)C(OCC1(CBr)CCCCCC1)C(F)(F)F. The molecule has 0 bridgehead atoms. The average molecular weight is 371 g/mol. The number of ether oxygens (including phenoxy) is 1. The second-order valence-corrected chi connectivity index (χ2v) is 5.88. The number of hydrogen-bond donors (Lipinski definition) is 0. The zero-order valence-electron chi connectivity index (χ0n) is 10.8. The highest BCUT2D eigenvalue weighted by molar-refractivity contribution is 9.09. The van der Waals surface area contributed by atoms with Crippen LogP contribution in [0.25, 0.3) is 0 Å². The molecule has 20 heavy (non-hydrogen) atoms. The van der Waals surface area contributed by atoms with E-state index in [1.807, 2.05) is 0 Å². The Hall–Kier alpha value is 0.0200. The second kappa shape index (κ2) is 6.85. The summed E-state index contributed by atoms with van der Waals surface area (Å²) in [6, 6.07) is 0. The Morgan fingerprint density at radius 2 is 1.35 bits per heavy atom. The standard InChI is InChI=1S/C12H17BrF6O/c13-7-10(5-3-1-2-4-6-10)8-20-9(11(14,15)16)12(17,18)19/h9H,1-8H2. The summed E-state index contributed by atoms with van der Waals surface area (Å²) in [6.07, 6.45) is -9.88. The molecule has 0 unspecified atom stereocenters.